The number of aromatic nitrogens is 2. The number of rotatable bonds is 6. The van der Waals surface area contributed by atoms with Crippen molar-refractivity contribution in [3.8, 4) is 68.0 Å². The number of benzene rings is 9. The SMILES string of the molecule is Cc1ccccc1-c1ccc2c(c1)c1ccccc1n2-c1ccc(-c2ccc(C#N)cc2C(F)(F)F)cc1-c1c(C#N)cccc1-n1c2ccccc2c2cc(-c3ccccc3C)ccc21. The van der Waals surface area contributed by atoms with Gasteiger partial charge in [-0.2, -0.15) is 23.7 Å². The second kappa shape index (κ2) is 15.6. The van der Waals surface area contributed by atoms with Crippen LogP contribution < -0.4 is 0 Å². The molecule has 0 radical (unpaired) electrons. The Morgan fingerprint density at radius 1 is 0.409 bits per heavy atom. The van der Waals surface area contributed by atoms with Gasteiger partial charge in [-0.1, -0.05) is 115 Å². The van der Waals surface area contributed by atoms with Crippen LogP contribution >= 0.6 is 0 Å². The van der Waals surface area contributed by atoms with Gasteiger partial charge in [0.15, 0.2) is 0 Å². The number of hydrogen-bond acceptors (Lipinski definition) is 2. The Labute approximate surface area is 378 Å². The van der Waals surface area contributed by atoms with Crippen LogP contribution in [0.4, 0.5) is 13.2 Å². The second-order valence-electron chi connectivity index (χ2n) is 16.7. The first-order valence-corrected chi connectivity index (χ1v) is 21.6. The van der Waals surface area contributed by atoms with Gasteiger partial charge in [0.05, 0.1) is 62.3 Å². The zero-order chi connectivity index (χ0) is 45.3. The minimum atomic E-state index is -4.75. The Balaban J connectivity index is 1.24. The Morgan fingerprint density at radius 2 is 0.924 bits per heavy atom. The van der Waals surface area contributed by atoms with Crippen LogP contribution in [0.3, 0.4) is 0 Å². The molecule has 0 saturated heterocycles. The fourth-order valence-corrected chi connectivity index (χ4v) is 9.90. The average molecular weight is 859 g/mol. The van der Waals surface area contributed by atoms with E-state index in [1.807, 2.05) is 72.8 Å². The highest BCUT2D eigenvalue weighted by molar-refractivity contribution is 6.13. The first-order chi connectivity index (χ1) is 32.1. The van der Waals surface area contributed by atoms with Crippen molar-refractivity contribution in [2.45, 2.75) is 20.0 Å². The molecule has 7 heteroatoms. The Bertz CT molecular complexity index is 3870. The molecule has 2 heterocycles. The molecule has 11 rings (SSSR count). The molecule has 0 bridgehead atoms. The number of nitriles is 2. The molecule has 9 aromatic carbocycles. The minimum absolute atomic E-state index is 0.0732. The van der Waals surface area contributed by atoms with E-state index in [-0.39, 0.29) is 16.7 Å². The van der Waals surface area contributed by atoms with Gasteiger partial charge in [-0.15, -0.1) is 0 Å². The molecule has 0 saturated carbocycles. The molecule has 11 aromatic rings. The predicted octanol–water partition coefficient (Wildman–Crippen LogP) is 15.9. The van der Waals surface area contributed by atoms with E-state index in [2.05, 4.69) is 114 Å². The zero-order valence-electron chi connectivity index (χ0n) is 35.8. The first kappa shape index (κ1) is 40.1. The van der Waals surface area contributed by atoms with Crippen LogP contribution in [0.5, 0.6) is 0 Å². The number of nitrogens with zero attached hydrogens (tertiary/aromatic N) is 4. The lowest BCUT2D eigenvalue weighted by molar-refractivity contribution is -0.137. The summed E-state index contributed by atoms with van der Waals surface area (Å²) in [5.41, 5.74) is 12.4. The Kier molecular flexibility index (Phi) is 9.46. The first-order valence-electron chi connectivity index (χ1n) is 21.6. The highest BCUT2D eigenvalue weighted by Gasteiger charge is 2.34. The molecule has 0 N–H and O–H groups in total. The number of fused-ring (bicyclic) bond motifs is 6. The van der Waals surface area contributed by atoms with E-state index in [1.54, 1.807) is 18.2 Å². The van der Waals surface area contributed by atoms with Gasteiger partial charge in [0.25, 0.3) is 0 Å². The lowest BCUT2D eigenvalue weighted by Gasteiger charge is -2.21. The maximum absolute atomic E-state index is 15.0. The van der Waals surface area contributed by atoms with E-state index in [4.69, 9.17) is 0 Å². The fraction of sp³-hybridized carbons (Fsp3) is 0.0508. The quantitative estimate of drug-likeness (QED) is 0.167. The maximum Gasteiger partial charge on any atom is 0.417 e. The standard InChI is InChI=1S/C59H37F3N4/c1-36-12-3-5-15-43(36)39-23-27-54-48(31-39)46-17-7-9-19-52(46)65(54)56-29-25-41(45-26-22-38(34-63)30-51(45)59(60,61)62)33-50(56)58-42(35-64)14-11-21-57(58)66-53-20-10-8-18-47(53)49-32-40(24-28-55(49)66)44-16-6-4-13-37(44)2/h3-33H,1-2H3. The van der Waals surface area contributed by atoms with Gasteiger partial charge in [0.1, 0.15) is 0 Å². The molecule has 0 spiro atoms. The summed E-state index contributed by atoms with van der Waals surface area (Å²) in [5, 5.41) is 24.8. The summed E-state index contributed by atoms with van der Waals surface area (Å²) in [7, 11) is 0. The van der Waals surface area contributed by atoms with Crippen LogP contribution in [-0.2, 0) is 6.18 Å². The third kappa shape index (κ3) is 6.44. The fourth-order valence-electron chi connectivity index (χ4n) is 9.90. The second-order valence-corrected chi connectivity index (χ2v) is 16.7. The maximum atomic E-state index is 15.0. The van der Waals surface area contributed by atoms with E-state index in [9.17, 15) is 23.7 Å². The summed E-state index contributed by atoms with van der Waals surface area (Å²) >= 11 is 0. The molecule has 66 heavy (non-hydrogen) atoms. The molecule has 0 amide bonds. The summed E-state index contributed by atoms with van der Waals surface area (Å²) in [6, 6.07) is 64.7. The molecular formula is C59H37F3N4. The number of para-hydroxylation sites is 2. The monoisotopic (exact) mass is 858 g/mol. The van der Waals surface area contributed by atoms with Gasteiger partial charge in [-0.3, -0.25) is 0 Å². The van der Waals surface area contributed by atoms with E-state index < -0.39 is 11.7 Å². The predicted molar refractivity (Wildman–Crippen MR) is 261 cm³/mol. The lowest BCUT2D eigenvalue weighted by atomic mass is 9.90. The largest absolute Gasteiger partial charge is 0.417 e. The summed E-state index contributed by atoms with van der Waals surface area (Å²) in [5.74, 6) is 0. The summed E-state index contributed by atoms with van der Waals surface area (Å²) < 4.78 is 49.2. The molecule has 0 aliphatic carbocycles. The minimum Gasteiger partial charge on any atom is -0.309 e. The molecule has 0 fully saturated rings. The third-order valence-electron chi connectivity index (χ3n) is 12.9. The van der Waals surface area contributed by atoms with Crippen LogP contribution in [0, 0.1) is 36.5 Å². The van der Waals surface area contributed by atoms with Crippen LogP contribution in [0.25, 0.3) is 99.5 Å². The highest BCUT2D eigenvalue weighted by atomic mass is 19.4. The van der Waals surface area contributed by atoms with Crippen molar-refractivity contribution in [3.05, 3.63) is 216 Å². The Hall–Kier alpha value is -8.65. The smallest absolute Gasteiger partial charge is 0.309 e. The summed E-state index contributed by atoms with van der Waals surface area (Å²) in [6.45, 7) is 4.20. The van der Waals surface area contributed by atoms with Gasteiger partial charge >= 0.3 is 6.18 Å². The van der Waals surface area contributed by atoms with Crippen molar-refractivity contribution < 1.29 is 13.2 Å². The van der Waals surface area contributed by atoms with Crippen molar-refractivity contribution in [1.82, 2.24) is 9.13 Å². The van der Waals surface area contributed by atoms with Gasteiger partial charge in [0.2, 0.25) is 0 Å². The van der Waals surface area contributed by atoms with E-state index in [0.717, 1.165) is 83.1 Å². The van der Waals surface area contributed by atoms with Crippen molar-refractivity contribution in [2.75, 3.05) is 0 Å². The topological polar surface area (TPSA) is 57.4 Å². The van der Waals surface area contributed by atoms with Crippen LogP contribution in [0.15, 0.2) is 188 Å². The zero-order valence-corrected chi connectivity index (χ0v) is 35.8. The van der Waals surface area contributed by atoms with Crippen LogP contribution in [0.1, 0.15) is 27.8 Å². The number of alkyl halides is 3. The van der Waals surface area contributed by atoms with Gasteiger partial charge in [-0.25, -0.2) is 0 Å². The molecule has 2 aromatic heterocycles. The molecular weight excluding hydrogens is 822 g/mol. The van der Waals surface area contributed by atoms with Crippen molar-refractivity contribution >= 4 is 43.6 Å². The van der Waals surface area contributed by atoms with Crippen LogP contribution in [-0.4, -0.2) is 9.13 Å². The van der Waals surface area contributed by atoms with Gasteiger partial charge in [0, 0.05) is 32.7 Å². The van der Waals surface area contributed by atoms with Crippen molar-refractivity contribution in [3.63, 3.8) is 0 Å². The van der Waals surface area contributed by atoms with Crippen molar-refractivity contribution in [1.29, 1.82) is 10.5 Å². The van der Waals surface area contributed by atoms with E-state index in [0.29, 0.717) is 28.1 Å². The summed E-state index contributed by atoms with van der Waals surface area (Å²) in [6.07, 6.45) is -4.75. The molecule has 314 valence electrons. The normalized spacial score (nSPS) is 11.7. The number of hydrogen-bond donors (Lipinski definition) is 0. The number of aryl methyl sites for hydroxylation is 2. The molecule has 0 aliphatic heterocycles. The Morgan fingerprint density at radius 3 is 1.48 bits per heavy atom. The van der Waals surface area contributed by atoms with Gasteiger partial charge in [-0.05, 0) is 131 Å². The summed E-state index contributed by atoms with van der Waals surface area (Å²) in [4.78, 5) is 0. The van der Waals surface area contributed by atoms with Gasteiger partial charge < -0.3 is 9.13 Å². The molecule has 0 unspecified atom stereocenters. The van der Waals surface area contributed by atoms with E-state index in [1.165, 1.54) is 12.1 Å². The van der Waals surface area contributed by atoms with Crippen molar-refractivity contribution in [2.24, 2.45) is 0 Å². The molecule has 0 atom stereocenters. The highest BCUT2D eigenvalue weighted by Crippen LogP contribution is 2.46. The third-order valence-corrected chi connectivity index (χ3v) is 12.9. The van der Waals surface area contributed by atoms with Crippen LogP contribution in [0.2, 0.25) is 0 Å². The average Bonchev–Trinajstić information content (AvgIpc) is 3.85. The van der Waals surface area contributed by atoms with E-state index >= 15 is 0 Å². The molecule has 0 aliphatic rings. The lowest BCUT2D eigenvalue weighted by Crippen LogP contribution is -2.08. The molecule has 4 nitrogen and oxygen atoms in total. The number of halogens is 3.